The third kappa shape index (κ3) is 4.46. The van der Waals surface area contributed by atoms with E-state index in [1.165, 1.54) is 33.1 Å². The fourth-order valence-electron chi connectivity index (χ4n) is 3.84. The molecule has 3 aromatic rings. The van der Waals surface area contributed by atoms with Crippen molar-refractivity contribution in [1.82, 2.24) is 9.55 Å². The number of aliphatic hydroxyl groups is 1. The fourth-order valence-corrected chi connectivity index (χ4v) is 3.84. The summed E-state index contributed by atoms with van der Waals surface area (Å²) >= 11 is 0. The van der Waals surface area contributed by atoms with Crippen LogP contribution in [0.2, 0.25) is 0 Å². The Morgan fingerprint density at radius 1 is 1.16 bits per heavy atom. The summed E-state index contributed by atoms with van der Waals surface area (Å²) in [7, 11) is 3.14. The van der Waals surface area contributed by atoms with Crippen LogP contribution in [0, 0.1) is 5.82 Å². The van der Waals surface area contributed by atoms with E-state index >= 15 is 0 Å². The Labute approximate surface area is 177 Å². The third-order valence-corrected chi connectivity index (χ3v) is 5.48. The smallest absolute Gasteiger partial charge is 0.418 e. The molecule has 2 N–H and O–H groups in total. The van der Waals surface area contributed by atoms with Gasteiger partial charge >= 0.3 is 6.18 Å². The zero-order chi connectivity index (χ0) is 23.0. The maximum Gasteiger partial charge on any atom is 0.418 e. The predicted molar refractivity (Wildman–Crippen MR) is 111 cm³/mol. The number of imidazole rings is 1. The third-order valence-electron chi connectivity index (χ3n) is 5.48. The number of aryl methyl sites for hydroxylation is 1. The van der Waals surface area contributed by atoms with E-state index in [1.807, 2.05) is 0 Å². The first kappa shape index (κ1) is 22.9. The Morgan fingerprint density at radius 3 is 2.52 bits per heavy atom. The molecule has 9 heteroatoms. The highest BCUT2D eigenvalue weighted by molar-refractivity contribution is 5.88. The van der Waals surface area contributed by atoms with Crippen LogP contribution in [-0.4, -0.2) is 40.1 Å². The van der Waals surface area contributed by atoms with Crippen LogP contribution < -0.4 is 10.1 Å². The molecule has 5 nitrogen and oxygen atoms in total. The first-order valence-corrected chi connectivity index (χ1v) is 9.65. The first-order chi connectivity index (χ1) is 14.4. The highest BCUT2D eigenvalue weighted by Crippen LogP contribution is 2.44. The van der Waals surface area contributed by atoms with Crippen molar-refractivity contribution in [2.75, 3.05) is 19.0 Å². The van der Waals surface area contributed by atoms with E-state index in [-0.39, 0.29) is 11.3 Å². The number of hydrogen-bond acceptors (Lipinski definition) is 4. The number of halogens is 4. The van der Waals surface area contributed by atoms with E-state index in [0.29, 0.717) is 11.2 Å². The Balaban J connectivity index is 1.93. The predicted octanol–water partition coefficient (Wildman–Crippen LogP) is 4.79. The molecule has 0 saturated heterocycles. The molecule has 1 aromatic heterocycles. The van der Waals surface area contributed by atoms with Crippen molar-refractivity contribution < 1.29 is 27.4 Å². The fraction of sp³-hybridized carbons (Fsp3) is 0.409. The van der Waals surface area contributed by atoms with E-state index < -0.39 is 36.0 Å². The number of aromatic nitrogens is 2. The molecular weight excluding hydrogens is 414 g/mol. The molecular formula is C22H25F4N3O2. The second kappa shape index (κ2) is 8.03. The zero-order valence-electron chi connectivity index (χ0n) is 17.7. The molecule has 1 unspecified atom stereocenters. The monoisotopic (exact) mass is 439 g/mol. The summed E-state index contributed by atoms with van der Waals surface area (Å²) in [5.41, 5.74) is -2.49. The number of nitrogens with one attached hydrogen (secondary N) is 1. The van der Waals surface area contributed by atoms with Crippen LogP contribution in [0.1, 0.15) is 25.8 Å². The minimum absolute atomic E-state index is 0.240. The Kier molecular flexibility index (Phi) is 5.92. The molecule has 0 aliphatic heterocycles. The lowest BCUT2D eigenvalue weighted by Gasteiger charge is -2.38. The average Bonchev–Trinajstić information content (AvgIpc) is 3.07. The van der Waals surface area contributed by atoms with Crippen molar-refractivity contribution in [3.05, 3.63) is 54.1 Å². The lowest BCUT2D eigenvalue weighted by molar-refractivity contribution is -0.260. The standard InChI is InChI=1S/C22H25F4N3O2/c1-20(2,15-10-14(23)8-9-18(15)31-4)11-21(30,22(24,25)26)12-27-16-6-5-7-17-19(16)28-13-29(17)3/h5-10,13,27,30H,11-12H2,1-4H3. The number of hydrogen-bond donors (Lipinski definition) is 2. The Hall–Kier alpha value is -2.81. The van der Waals surface area contributed by atoms with Gasteiger partial charge in [-0.15, -0.1) is 0 Å². The van der Waals surface area contributed by atoms with Crippen LogP contribution in [0.15, 0.2) is 42.7 Å². The number of rotatable bonds is 7. The van der Waals surface area contributed by atoms with Crippen molar-refractivity contribution in [3.63, 3.8) is 0 Å². The van der Waals surface area contributed by atoms with Gasteiger partial charge in [0.25, 0.3) is 0 Å². The number of fused-ring (bicyclic) bond motifs is 1. The van der Waals surface area contributed by atoms with Gasteiger partial charge in [-0.05, 0) is 42.2 Å². The summed E-state index contributed by atoms with van der Waals surface area (Å²) in [5, 5.41) is 13.5. The molecule has 2 aromatic carbocycles. The molecule has 1 heterocycles. The van der Waals surface area contributed by atoms with Crippen LogP contribution >= 0.6 is 0 Å². The summed E-state index contributed by atoms with van der Waals surface area (Å²) < 4.78 is 62.8. The summed E-state index contributed by atoms with van der Waals surface area (Å²) in [6, 6.07) is 8.76. The maximum atomic E-state index is 14.0. The van der Waals surface area contributed by atoms with E-state index in [2.05, 4.69) is 10.3 Å². The average molecular weight is 439 g/mol. The molecule has 0 spiro atoms. The van der Waals surface area contributed by atoms with E-state index in [4.69, 9.17) is 4.74 Å². The SMILES string of the molecule is COc1ccc(F)cc1C(C)(C)CC(O)(CNc1cccc2c1ncn2C)C(F)(F)F. The summed E-state index contributed by atoms with van der Waals surface area (Å²) in [5.74, 6) is -0.346. The number of ether oxygens (including phenoxy) is 1. The molecule has 3 rings (SSSR count). The molecule has 31 heavy (non-hydrogen) atoms. The van der Waals surface area contributed by atoms with Gasteiger partial charge in [0.05, 0.1) is 31.2 Å². The molecule has 168 valence electrons. The molecule has 0 bridgehead atoms. The van der Waals surface area contributed by atoms with Crippen LogP contribution in [0.5, 0.6) is 5.75 Å². The number of nitrogens with zero attached hydrogens (tertiary/aromatic N) is 2. The first-order valence-electron chi connectivity index (χ1n) is 9.65. The summed E-state index contributed by atoms with van der Waals surface area (Å²) in [6.45, 7) is 2.23. The highest BCUT2D eigenvalue weighted by Gasteiger charge is 2.56. The quantitative estimate of drug-likeness (QED) is 0.520. The Bertz CT molecular complexity index is 1080. The topological polar surface area (TPSA) is 59.3 Å². The summed E-state index contributed by atoms with van der Waals surface area (Å²) in [4.78, 5) is 4.21. The van der Waals surface area contributed by atoms with Gasteiger partial charge in [-0.1, -0.05) is 19.9 Å². The number of alkyl halides is 3. The lowest BCUT2D eigenvalue weighted by Crippen LogP contribution is -2.53. The van der Waals surface area contributed by atoms with Gasteiger partial charge in [0.1, 0.15) is 17.1 Å². The normalized spacial score (nSPS) is 14.5. The number of methoxy groups -OCH3 is 1. The molecule has 0 fully saturated rings. The largest absolute Gasteiger partial charge is 0.496 e. The molecule has 1 atom stereocenters. The van der Waals surface area contributed by atoms with Crippen molar-refractivity contribution >= 4 is 16.7 Å². The molecule has 0 amide bonds. The van der Waals surface area contributed by atoms with Gasteiger partial charge in [0, 0.05) is 12.6 Å². The minimum atomic E-state index is -4.93. The number of para-hydroxylation sites is 1. The summed E-state index contributed by atoms with van der Waals surface area (Å²) in [6.07, 6.45) is -4.09. The van der Waals surface area contributed by atoms with E-state index in [9.17, 15) is 22.7 Å². The second-order valence-corrected chi connectivity index (χ2v) is 8.32. The molecule has 0 saturated carbocycles. The molecule has 0 aliphatic carbocycles. The van der Waals surface area contributed by atoms with Crippen LogP contribution in [0.3, 0.4) is 0 Å². The van der Waals surface area contributed by atoms with Crippen molar-refractivity contribution in [2.24, 2.45) is 7.05 Å². The minimum Gasteiger partial charge on any atom is -0.496 e. The van der Waals surface area contributed by atoms with Crippen molar-refractivity contribution in [2.45, 2.75) is 37.5 Å². The molecule has 0 radical (unpaired) electrons. The second-order valence-electron chi connectivity index (χ2n) is 8.32. The van der Waals surface area contributed by atoms with Gasteiger partial charge in [-0.3, -0.25) is 0 Å². The zero-order valence-corrected chi connectivity index (χ0v) is 17.7. The highest BCUT2D eigenvalue weighted by atomic mass is 19.4. The van der Waals surface area contributed by atoms with E-state index in [1.54, 1.807) is 36.1 Å². The van der Waals surface area contributed by atoms with Crippen molar-refractivity contribution in [3.8, 4) is 5.75 Å². The van der Waals surface area contributed by atoms with Gasteiger partial charge < -0.3 is 19.7 Å². The Morgan fingerprint density at radius 2 is 1.87 bits per heavy atom. The van der Waals surface area contributed by atoms with Crippen LogP contribution in [0.4, 0.5) is 23.2 Å². The van der Waals surface area contributed by atoms with E-state index in [0.717, 1.165) is 11.6 Å². The number of anilines is 1. The van der Waals surface area contributed by atoms with Gasteiger partial charge in [0.2, 0.25) is 0 Å². The maximum absolute atomic E-state index is 14.0. The van der Waals surface area contributed by atoms with Gasteiger partial charge in [-0.2, -0.15) is 13.2 Å². The van der Waals surface area contributed by atoms with Gasteiger partial charge in [-0.25, -0.2) is 9.37 Å². The van der Waals surface area contributed by atoms with Crippen molar-refractivity contribution in [1.29, 1.82) is 0 Å². The lowest BCUT2D eigenvalue weighted by atomic mass is 9.74. The van der Waals surface area contributed by atoms with Gasteiger partial charge in [0.15, 0.2) is 5.60 Å². The van der Waals surface area contributed by atoms with Crippen LogP contribution in [-0.2, 0) is 12.5 Å². The van der Waals surface area contributed by atoms with Crippen LogP contribution in [0.25, 0.3) is 11.0 Å². The molecule has 0 aliphatic rings. The number of benzene rings is 2.